The summed E-state index contributed by atoms with van der Waals surface area (Å²) in [4.78, 5) is 54.2. The summed E-state index contributed by atoms with van der Waals surface area (Å²) in [6.07, 6.45) is 22.8. The van der Waals surface area contributed by atoms with Crippen LogP contribution in [0, 0.1) is 0 Å². The van der Waals surface area contributed by atoms with Crippen LogP contribution in [-0.2, 0) is 41.8 Å². The third-order valence-corrected chi connectivity index (χ3v) is 12.5. The molecule has 0 aromatic carbocycles. The van der Waals surface area contributed by atoms with E-state index in [9.17, 15) is 44.0 Å². The van der Waals surface area contributed by atoms with Crippen LogP contribution in [0.25, 0.3) is 0 Å². The average molecular weight is 943 g/mol. The van der Waals surface area contributed by atoms with Gasteiger partial charge >= 0.3 is 27.6 Å². The molecule has 0 aromatic heterocycles. The van der Waals surface area contributed by atoms with Crippen molar-refractivity contribution >= 4 is 27.6 Å². The van der Waals surface area contributed by atoms with Crippen LogP contribution in [0.15, 0.2) is 24.3 Å². The van der Waals surface area contributed by atoms with Crippen molar-refractivity contribution in [3.8, 4) is 0 Å². The normalized spacial score (nSPS) is 22.1. The number of rotatable bonds is 40. The molecule has 0 aromatic rings. The van der Waals surface area contributed by atoms with Crippen molar-refractivity contribution in [2.45, 2.75) is 236 Å². The second kappa shape index (κ2) is 36.6. The Morgan fingerprint density at radius 3 is 1.32 bits per heavy atom. The third kappa shape index (κ3) is 31.2. The Morgan fingerprint density at radius 2 is 0.873 bits per heavy atom. The van der Waals surface area contributed by atoms with Crippen molar-refractivity contribution in [1.82, 2.24) is 0 Å². The number of esters is 2. The molecule has 0 heterocycles. The van der Waals surface area contributed by atoms with E-state index < -0.39 is 83.5 Å². The van der Waals surface area contributed by atoms with Crippen LogP contribution in [0.1, 0.15) is 194 Å². The van der Waals surface area contributed by atoms with Crippen molar-refractivity contribution in [3.05, 3.63) is 24.3 Å². The number of carbonyl (C=O) groups excluding carboxylic acids is 2. The van der Waals surface area contributed by atoms with Crippen molar-refractivity contribution in [3.63, 3.8) is 0 Å². The molecule has 18 heteroatoms. The largest absolute Gasteiger partial charge is 0.472 e. The zero-order chi connectivity index (χ0) is 46.8. The summed E-state index contributed by atoms with van der Waals surface area (Å²) in [7, 11) is -10.7. The molecule has 1 aliphatic rings. The minimum Gasteiger partial charge on any atom is -0.462 e. The second-order valence-corrected chi connectivity index (χ2v) is 19.4. The fourth-order valence-electron chi connectivity index (χ4n) is 7.25. The van der Waals surface area contributed by atoms with E-state index in [1.54, 1.807) is 0 Å². The Morgan fingerprint density at radius 1 is 0.492 bits per heavy atom. The van der Waals surface area contributed by atoms with Gasteiger partial charge in [0.25, 0.3) is 0 Å². The van der Waals surface area contributed by atoms with Crippen molar-refractivity contribution in [2.24, 2.45) is 0 Å². The van der Waals surface area contributed by atoms with Gasteiger partial charge in [-0.2, -0.15) is 0 Å². The number of ether oxygens (including phenoxy) is 2. The van der Waals surface area contributed by atoms with Gasteiger partial charge in [-0.3, -0.25) is 23.2 Å². The number of hydrogen-bond donors (Lipinski definition) is 7. The number of allylic oxidation sites excluding steroid dienone is 4. The maximum absolute atomic E-state index is 13.0. The number of hydrogen-bond acceptors (Lipinski definition) is 13. The number of carbonyl (C=O) groups is 2. The van der Waals surface area contributed by atoms with Gasteiger partial charge < -0.3 is 44.6 Å². The first-order valence-corrected chi connectivity index (χ1v) is 26.9. The highest BCUT2D eigenvalue weighted by Crippen LogP contribution is 2.49. The van der Waals surface area contributed by atoms with Crippen LogP contribution in [0.5, 0.6) is 0 Å². The summed E-state index contributed by atoms with van der Waals surface area (Å²) in [5.41, 5.74) is 0. The lowest BCUT2D eigenvalue weighted by atomic mass is 9.85. The van der Waals surface area contributed by atoms with Crippen molar-refractivity contribution < 1.29 is 76.9 Å². The second-order valence-electron chi connectivity index (χ2n) is 16.8. The molecule has 0 saturated heterocycles. The molecule has 370 valence electrons. The van der Waals surface area contributed by atoms with E-state index in [1.165, 1.54) is 64.2 Å². The molecule has 0 aliphatic heterocycles. The fourth-order valence-corrected chi connectivity index (χ4v) is 8.79. The van der Waals surface area contributed by atoms with Crippen LogP contribution in [0.2, 0.25) is 0 Å². The minimum absolute atomic E-state index is 0.0351. The van der Waals surface area contributed by atoms with E-state index in [0.29, 0.717) is 12.8 Å². The summed E-state index contributed by atoms with van der Waals surface area (Å²) < 4.78 is 49.4. The zero-order valence-corrected chi connectivity index (χ0v) is 40.1. The number of aliphatic hydroxyl groups excluding tert-OH is 4. The first-order chi connectivity index (χ1) is 30.1. The number of unbranched alkanes of at least 4 members (excludes halogenated alkanes) is 22. The Balaban J connectivity index is 2.60. The fraction of sp³-hybridized carbons (Fsp3) is 0.867. The van der Waals surface area contributed by atoms with E-state index in [-0.39, 0.29) is 12.8 Å². The Hall–Kier alpha value is -1.52. The predicted octanol–water partition coefficient (Wildman–Crippen LogP) is 8.95. The number of aliphatic hydroxyl groups is 4. The van der Waals surface area contributed by atoms with Gasteiger partial charge in [0.1, 0.15) is 43.2 Å². The third-order valence-electron chi connectivity index (χ3n) is 11.0. The first-order valence-electron chi connectivity index (χ1n) is 23.9. The van der Waals surface area contributed by atoms with Crippen molar-refractivity contribution in [2.75, 3.05) is 13.2 Å². The molecule has 1 aliphatic carbocycles. The summed E-state index contributed by atoms with van der Waals surface area (Å²) in [6, 6.07) is 0. The molecule has 0 amide bonds. The van der Waals surface area contributed by atoms with Gasteiger partial charge in [-0.1, -0.05) is 141 Å². The van der Waals surface area contributed by atoms with Crippen LogP contribution in [0.4, 0.5) is 0 Å². The Labute approximate surface area is 377 Å². The molecule has 5 unspecified atom stereocenters. The quantitative estimate of drug-likeness (QED) is 0.0131. The Kier molecular flexibility index (Phi) is 34.5. The van der Waals surface area contributed by atoms with Crippen LogP contribution >= 0.6 is 15.6 Å². The van der Waals surface area contributed by atoms with Gasteiger partial charge in [0.15, 0.2) is 6.10 Å². The molecule has 1 rings (SSSR count). The molecule has 0 spiro atoms. The Bertz CT molecular complexity index is 1330. The molecular weight excluding hydrogens is 858 g/mol. The lowest BCUT2D eigenvalue weighted by Gasteiger charge is -2.43. The molecule has 63 heavy (non-hydrogen) atoms. The van der Waals surface area contributed by atoms with E-state index >= 15 is 0 Å². The highest BCUT2D eigenvalue weighted by Gasteiger charge is 2.54. The maximum Gasteiger partial charge on any atom is 0.472 e. The molecule has 1 fully saturated rings. The van der Waals surface area contributed by atoms with Gasteiger partial charge in [-0.25, -0.2) is 9.13 Å². The van der Waals surface area contributed by atoms with Gasteiger partial charge in [0.2, 0.25) is 0 Å². The highest BCUT2D eigenvalue weighted by molar-refractivity contribution is 7.47. The zero-order valence-electron chi connectivity index (χ0n) is 38.3. The van der Waals surface area contributed by atoms with Gasteiger partial charge in [-0.15, -0.1) is 0 Å². The van der Waals surface area contributed by atoms with Crippen molar-refractivity contribution in [1.29, 1.82) is 0 Å². The minimum atomic E-state index is -5.36. The highest BCUT2D eigenvalue weighted by atomic mass is 31.2. The SMILES string of the molecule is CCCCCC/C=C\CCCCCCCCCC(=O)OC[C@H](COP(=O)(O)O[C@H]1C(O)C(O)C(O)[C@@H](OP(=O)(O)O)C1O)OC(=O)CCCCCCC/C=C\CCCCCCCC. The van der Waals surface area contributed by atoms with E-state index in [2.05, 4.69) is 42.7 Å². The monoisotopic (exact) mass is 943 g/mol. The van der Waals surface area contributed by atoms with Gasteiger partial charge in [-0.05, 0) is 64.2 Å². The summed E-state index contributed by atoms with van der Waals surface area (Å²) in [6.45, 7) is 3.09. The topological polar surface area (TPSA) is 256 Å². The molecule has 1 saturated carbocycles. The molecule has 0 radical (unpaired) electrons. The summed E-state index contributed by atoms with van der Waals surface area (Å²) in [5.74, 6) is -1.22. The number of phosphoric acid groups is 2. The van der Waals surface area contributed by atoms with Gasteiger partial charge in [0.05, 0.1) is 6.61 Å². The van der Waals surface area contributed by atoms with Gasteiger partial charge in [0, 0.05) is 12.8 Å². The van der Waals surface area contributed by atoms with E-state index in [4.69, 9.17) is 28.3 Å². The maximum atomic E-state index is 13.0. The molecular formula is C45H84O16P2. The van der Waals surface area contributed by atoms with E-state index in [0.717, 1.165) is 89.9 Å². The first kappa shape index (κ1) is 59.5. The lowest BCUT2D eigenvalue weighted by Crippen LogP contribution is -2.64. The molecule has 8 atom stereocenters. The summed E-state index contributed by atoms with van der Waals surface area (Å²) in [5, 5.41) is 41.2. The molecule has 7 N–H and O–H groups in total. The van der Waals surface area contributed by atoms with Crippen LogP contribution < -0.4 is 0 Å². The number of phosphoric ester groups is 2. The van der Waals surface area contributed by atoms with E-state index in [1.807, 2.05) is 0 Å². The lowest BCUT2D eigenvalue weighted by molar-refractivity contribution is -0.216. The standard InChI is InChI=1S/C45H84O16P2/c1-3-5-7-9-11-13-15-17-19-21-23-25-27-29-31-33-38(46)57-35-37(59-39(47)34-32-30-28-26-24-22-20-18-16-14-12-10-8-6-4-2)36-58-63(55,56)61-45-42(50)40(48)41(49)44(43(45)51)60-62(52,53)54/h13,15,18,20,37,40-45,48-51H,3-12,14,16-17,19,21-36H2,1-2H3,(H,55,56)(H2,52,53,54)/b15-13-,20-18-/t37-,40?,41?,42?,43?,44-,45+/m1/s1. The molecule has 16 nitrogen and oxygen atoms in total. The average Bonchev–Trinajstić information content (AvgIpc) is 3.23. The van der Waals surface area contributed by atoms with Crippen LogP contribution in [0.3, 0.4) is 0 Å². The molecule has 0 bridgehead atoms. The predicted molar refractivity (Wildman–Crippen MR) is 241 cm³/mol. The smallest absolute Gasteiger partial charge is 0.462 e. The van der Waals surface area contributed by atoms with Crippen LogP contribution in [-0.4, -0.2) is 103 Å². The summed E-state index contributed by atoms with van der Waals surface area (Å²) >= 11 is 0.